The summed E-state index contributed by atoms with van der Waals surface area (Å²) in [6, 6.07) is 5.59. The summed E-state index contributed by atoms with van der Waals surface area (Å²) < 4.78 is 13.7. The number of nitrogens with one attached hydrogen (secondary N) is 2. The molecule has 4 rings (SSSR count). The van der Waals surface area contributed by atoms with Gasteiger partial charge in [-0.25, -0.2) is 14.6 Å². The number of hydrogen-bond acceptors (Lipinski definition) is 6. The van der Waals surface area contributed by atoms with Gasteiger partial charge in [-0.1, -0.05) is 22.0 Å². The summed E-state index contributed by atoms with van der Waals surface area (Å²) in [6.45, 7) is 6.23. The summed E-state index contributed by atoms with van der Waals surface area (Å²) >= 11 is 3.52. The van der Waals surface area contributed by atoms with E-state index in [1.54, 1.807) is 20.8 Å². The number of hydrogen-bond donors (Lipinski definition) is 2. The van der Waals surface area contributed by atoms with Crippen molar-refractivity contribution in [1.29, 1.82) is 0 Å². The van der Waals surface area contributed by atoms with E-state index in [9.17, 15) is 9.59 Å². The van der Waals surface area contributed by atoms with Crippen molar-refractivity contribution in [2.75, 3.05) is 6.61 Å². The van der Waals surface area contributed by atoms with Crippen LogP contribution in [0.5, 0.6) is 0 Å². The third-order valence-corrected chi connectivity index (χ3v) is 5.73. The molecule has 1 aliphatic heterocycles. The van der Waals surface area contributed by atoms with Crippen LogP contribution in [0.15, 0.2) is 33.7 Å². The first kappa shape index (κ1) is 24.2. The Morgan fingerprint density at radius 2 is 2.18 bits per heavy atom. The number of rotatable bonds is 5. The quantitative estimate of drug-likeness (QED) is 0.492. The average Bonchev–Trinajstić information content (AvgIpc) is 3.25. The zero-order valence-electron chi connectivity index (χ0n) is 19.4. The molecule has 34 heavy (non-hydrogen) atoms. The Kier molecular flexibility index (Phi) is 7.18. The monoisotopic (exact) mass is 529 g/mol. The number of H-pyrrole nitrogens is 1. The van der Waals surface area contributed by atoms with Crippen molar-refractivity contribution in [3.63, 3.8) is 0 Å². The molecule has 1 amide bonds. The first-order valence-corrected chi connectivity index (χ1v) is 12.0. The number of aromatic amines is 1. The van der Waals surface area contributed by atoms with Gasteiger partial charge in [0.2, 0.25) is 0 Å². The topological polar surface area (TPSA) is 111 Å². The van der Waals surface area contributed by atoms with E-state index < -0.39 is 11.7 Å². The number of aromatic nitrogens is 4. The second kappa shape index (κ2) is 10.1. The lowest BCUT2D eigenvalue weighted by molar-refractivity contribution is -0.0395. The van der Waals surface area contributed by atoms with E-state index in [1.165, 1.54) is 0 Å². The van der Waals surface area contributed by atoms with Crippen molar-refractivity contribution in [1.82, 2.24) is 25.3 Å². The van der Waals surface area contributed by atoms with E-state index in [2.05, 4.69) is 36.5 Å². The van der Waals surface area contributed by atoms with Crippen LogP contribution in [0.4, 0.5) is 4.79 Å². The number of benzene rings is 1. The molecule has 3 heterocycles. The summed E-state index contributed by atoms with van der Waals surface area (Å²) in [4.78, 5) is 24.8. The molecular formula is C24H28BrN5O4. The molecule has 2 N–H and O–H groups in total. The number of alkyl carbamates (subject to hydrolysis) is 1. The molecule has 1 aromatic carbocycles. The van der Waals surface area contributed by atoms with E-state index in [0.717, 1.165) is 36.0 Å². The van der Waals surface area contributed by atoms with Crippen LogP contribution in [0.2, 0.25) is 0 Å². The third kappa shape index (κ3) is 5.92. The predicted molar refractivity (Wildman–Crippen MR) is 133 cm³/mol. The molecule has 180 valence electrons. The molecule has 0 radical (unpaired) electrons. The zero-order chi connectivity index (χ0) is 24.3. The summed E-state index contributed by atoms with van der Waals surface area (Å²) in [5, 5.41) is 15.1. The maximum absolute atomic E-state index is 12.7. The largest absolute Gasteiger partial charge is 0.444 e. The van der Waals surface area contributed by atoms with Gasteiger partial charge in [-0.2, -0.15) is 10.2 Å². The number of halogens is 1. The van der Waals surface area contributed by atoms with Gasteiger partial charge in [0.05, 0.1) is 23.3 Å². The van der Waals surface area contributed by atoms with Crippen LogP contribution in [0.3, 0.4) is 0 Å². The van der Waals surface area contributed by atoms with Crippen LogP contribution >= 0.6 is 15.9 Å². The van der Waals surface area contributed by atoms with Crippen LogP contribution in [-0.4, -0.2) is 38.3 Å². The molecule has 2 aromatic heterocycles. The maximum Gasteiger partial charge on any atom is 0.407 e. The van der Waals surface area contributed by atoms with Gasteiger partial charge in [-0.3, -0.25) is 4.79 Å². The highest BCUT2D eigenvalue weighted by atomic mass is 79.9. The SMILES string of the molecule is CC(C)(C)OC(=O)NCc1n[nH]c(=O)c2c(/C=C/c3ccn(C4CCCCO4)n3)cc(Br)cc12. The van der Waals surface area contributed by atoms with Crippen LogP contribution in [0, 0.1) is 0 Å². The average molecular weight is 530 g/mol. The lowest BCUT2D eigenvalue weighted by atomic mass is 10.0. The number of fused-ring (bicyclic) bond motifs is 1. The first-order chi connectivity index (χ1) is 16.2. The Balaban J connectivity index is 1.60. The maximum atomic E-state index is 12.7. The molecule has 10 heteroatoms. The van der Waals surface area contributed by atoms with Crippen LogP contribution in [0.1, 0.15) is 63.2 Å². The highest BCUT2D eigenvalue weighted by Crippen LogP contribution is 2.26. The van der Waals surface area contributed by atoms with Crippen molar-refractivity contribution in [2.24, 2.45) is 0 Å². The minimum atomic E-state index is -0.609. The van der Waals surface area contributed by atoms with E-state index >= 15 is 0 Å². The molecule has 1 saturated heterocycles. The van der Waals surface area contributed by atoms with Crippen molar-refractivity contribution in [3.05, 3.63) is 56.2 Å². The Morgan fingerprint density at radius 3 is 2.91 bits per heavy atom. The molecule has 3 aromatic rings. The van der Waals surface area contributed by atoms with Gasteiger partial charge in [0.25, 0.3) is 5.56 Å². The molecule has 0 spiro atoms. The minimum Gasteiger partial charge on any atom is -0.444 e. The predicted octanol–water partition coefficient (Wildman–Crippen LogP) is 4.78. The van der Waals surface area contributed by atoms with Crippen LogP contribution < -0.4 is 10.9 Å². The Hall–Kier alpha value is -2.98. The van der Waals surface area contributed by atoms with Gasteiger partial charge < -0.3 is 14.8 Å². The third-order valence-electron chi connectivity index (χ3n) is 5.28. The van der Waals surface area contributed by atoms with Crippen LogP contribution in [0.25, 0.3) is 22.9 Å². The number of nitrogens with zero attached hydrogens (tertiary/aromatic N) is 3. The second-order valence-electron chi connectivity index (χ2n) is 9.15. The molecule has 9 nitrogen and oxygen atoms in total. The Morgan fingerprint density at radius 1 is 1.35 bits per heavy atom. The molecule has 1 aliphatic rings. The van der Waals surface area contributed by atoms with Crippen LogP contribution in [-0.2, 0) is 16.0 Å². The molecule has 1 fully saturated rings. The summed E-state index contributed by atoms with van der Waals surface area (Å²) in [5.41, 5.74) is 1.07. The summed E-state index contributed by atoms with van der Waals surface area (Å²) in [6.07, 6.45) is 8.19. The van der Waals surface area contributed by atoms with E-state index in [4.69, 9.17) is 9.47 Å². The van der Waals surface area contributed by atoms with Crippen molar-refractivity contribution >= 4 is 44.9 Å². The zero-order valence-corrected chi connectivity index (χ0v) is 21.0. The molecular weight excluding hydrogens is 502 g/mol. The Bertz CT molecular complexity index is 1270. The normalized spacial score (nSPS) is 16.8. The van der Waals surface area contributed by atoms with Gasteiger partial charge in [0.1, 0.15) is 11.8 Å². The second-order valence-corrected chi connectivity index (χ2v) is 10.1. The molecule has 0 aliphatic carbocycles. The van der Waals surface area contributed by atoms with Gasteiger partial charge in [-0.05, 0) is 69.9 Å². The van der Waals surface area contributed by atoms with Gasteiger partial charge >= 0.3 is 6.09 Å². The number of amides is 1. The van der Waals surface area contributed by atoms with Crippen molar-refractivity contribution in [3.8, 4) is 0 Å². The number of carbonyl (C=O) groups excluding carboxylic acids is 1. The standard InChI is InChI=1S/C24H28BrN5O4/c1-24(2,3)34-23(32)26-14-19-18-13-16(25)12-15(21(18)22(31)28-27-19)7-8-17-9-10-30(29-17)20-6-4-5-11-33-20/h7-10,12-13,20H,4-6,11,14H2,1-3H3,(H,26,32)(H,28,31)/b8-7+. The van der Waals surface area contributed by atoms with E-state index in [1.807, 2.05) is 41.2 Å². The highest BCUT2D eigenvalue weighted by molar-refractivity contribution is 9.10. The van der Waals surface area contributed by atoms with Gasteiger partial charge in [0, 0.05) is 22.7 Å². The smallest absolute Gasteiger partial charge is 0.407 e. The Labute approximate surface area is 205 Å². The highest BCUT2D eigenvalue weighted by Gasteiger charge is 2.18. The molecule has 1 unspecified atom stereocenters. The van der Waals surface area contributed by atoms with Gasteiger partial charge in [-0.15, -0.1) is 0 Å². The lowest BCUT2D eigenvalue weighted by Gasteiger charge is -2.22. The number of carbonyl (C=O) groups is 1. The van der Waals surface area contributed by atoms with E-state index in [-0.39, 0.29) is 18.3 Å². The van der Waals surface area contributed by atoms with E-state index in [0.29, 0.717) is 22.0 Å². The molecule has 1 atom stereocenters. The fourth-order valence-electron chi connectivity index (χ4n) is 3.79. The summed E-state index contributed by atoms with van der Waals surface area (Å²) in [5.74, 6) is 0. The summed E-state index contributed by atoms with van der Waals surface area (Å²) in [7, 11) is 0. The fourth-order valence-corrected chi connectivity index (χ4v) is 4.26. The minimum absolute atomic E-state index is 0.0310. The van der Waals surface area contributed by atoms with Gasteiger partial charge in [0.15, 0.2) is 0 Å². The van der Waals surface area contributed by atoms with Crippen molar-refractivity contribution < 1.29 is 14.3 Å². The molecule has 0 saturated carbocycles. The molecule has 0 bridgehead atoms. The lowest BCUT2D eigenvalue weighted by Crippen LogP contribution is -2.32. The van der Waals surface area contributed by atoms with Crippen molar-refractivity contribution in [2.45, 2.75) is 58.4 Å². The first-order valence-electron chi connectivity index (χ1n) is 11.2. The number of ether oxygens (including phenoxy) is 2. The fraction of sp³-hybridized carbons (Fsp3) is 0.417.